The van der Waals surface area contributed by atoms with Crippen molar-refractivity contribution < 1.29 is 0 Å². The van der Waals surface area contributed by atoms with Crippen LogP contribution in [0.15, 0.2) is 30.5 Å². The van der Waals surface area contributed by atoms with E-state index < -0.39 is 0 Å². The molecule has 0 aromatic carbocycles. The normalized spacial score (nSPS) is 12.5. The quantitative estimate of drug-likeness (QED) is 0.738. The summed E-state index contributed by atoms with van der Waals surface area (Å²) in [5.74, 6) is 0. The summed E-state index contributed by atoms with van der Waals surface area (Å²) in [5, 5.41) is 3.38. The Morgan fingerprint density at radius 2 is 2.29 bits per heavy atom. The molecule has 0 spiro atoms. The first-order chi connectivity index (χ1) is 6.65. The Labute approximate surface area is 86.1 Å². The number of rotatable bonds is 4. The zero-order valence-corrected chi connectivity index (χ0v) is 9.17. The van der Waals surface area contributed by atoms with Crippen molar-refractivity contribution in [2.75, 3.05) is 6.54 Å². The first-order valence-corrected chi connectivity index (χ1v) is 4.96. The second-order valence-corrected chi connectivity index (χ2v) is 3.57. The smallest absolute Gasteiger partial charge is 0.0545 e. The van der Waals surface area contributed by atoms with Gasteiger partial charge in [0.2, 0.25) is 0 Å². The highest BCUT2D eigenvalue weighted by atomic mass is 14.9. The zero-order valence-electron chi connectivity index (χ0n) is 9.17. The second-order valence-electron chi connectivity index (χ2n) is 3.57. The van der Waals surface area contributed by atoms with E-state index in [2.05, 4.69) is 29.9 Å². The molecule has 14 heavy (non-hydrogen) atoms. The lowest BCUT2D eigenvalue weighted by Crippen LogP contribution is -2.21. The van der Waals surface area contributed by atoms with Gasteiger partial charge >= 0.3 is 0 Å². The van der Waals surface area contributed by atoms with Crippen LogP contribution in [0.2, 0.25) is 0 Å². The third-order valence-electron chi connectivity index (χ3n) is 2.17. The Kier molecular flexibility index (Phi) is 3.84. The molecule has 0 amide bonds. The number of hydrogen-bond donors (Lipinski definition) is 1. The van der Waals surface area contributed by atoms with Crippen LogP contribution in [0, 0.1) is 6.92 Å². The van der Waals surface area contributed by atoms with Crippen molar-refractivity contribution in [3.63, 3.8) is 0 Å². The van der Waals surface area contributed by atoms with Crippen LogP contribution < -0.4 is 5.32 Å². The van der Waals surface area contributed by atoms with Gasteiger partial charge in [-0.15, -0.1) is 0 Å². The van der Waals surface area contributed by atoms with E-state index in [1.165, 1.54) is 5.56 Å². The second kappa shape index (κ2) is 4.91. The van der Waals surface area contributed by atoms with Gasteiger partial charge in [-0.05, 0) is 32.0 Å². The van der Waals surface area contributed by atoms with Crippen LogP contribution in [0.4, 0.5) is 0 Å². The van der Waals surface area contributed by atoms with E-state index in [0.29, 0.717) is 0 Å². The molecule has 1 heterocycles. The monoisotopic (exact) mass is 190 g/mol. The summed E-state index contributed by atoms with van der Waals surface area (Å²) in [5.41, 5.74) is 3.35. The van der Waals surface area contributed by atoms with Gasteiger partial charge in [-0.2, -0.15) is 0 Å². The molecule has 1 aromatic rings. The minimum atomic E-state index is 0.230. The van der Waals surface area contributed by atoms with Crippen LogP contribution in [-0.4, -0.2) is 11.5 Å². The number of pyridine rings is 1. The number of aryl methyl sites for hydroxylation is 1. The van der Waals surface area contributed by atoms with Crippen LogP contribution in [0.25, 0.3) is 0 Å². The van der Waals surface area contributed by atoms with Crippen LogP contribution in [-0.2, 0) is 0 Å². The first-order valence-electron chi connectivity index (χ1n) is 4.96. The van der Waals surface area contributed by atoms with Gasteiger partial charge in [0.25, 0.3) is 0 Å². The standard InChI is InChI=1S/C12H18N2/c1-5-13-12(9(2)3)11-7-6-10(4)14-8-11/h6-8,12-13H,2,5H2,1,3-4H3. The SMILES string of the molecule is C=C(C)C(NCC)c1ccc(C)nc1. The number of nitrogens with zero attached hydrogens (tertiary/aromatic N) is 1. The zero-order chi connectivity index (χ0) is 10.6. The van der Waals surface area contributed by atoms with Crippen molar-refractivity contribution in [3.05, 3.63) is 41.7 Å². The number of nitrogens with one attached hydrogen (secondary N) is 1. The van der Waals surface area contributed by atoms with Crippen molar-refractivity contribution in [2.45, 2.75) is 26.8 Å². The van der Waals surface area contributed by atoms with Gasteiger partial charge in [0.05, 0.1) is 6.04 Å². The predicted octanol–water partition coefficient (Wildman–Crippen LogP) is 2.62. The number of hydrogen-bond acceptors (Lipinski definition) is 2. The molecule has 0 aliphatic heterocycles. The third-order valence-corrected chi connectivity index (χ3v) is 2.17. The van der Waals surface area contributed by atoms with Crippen molar-refractivity contribution >= 4 is 0 Å². The molecule has 1 N–H and O–H groups in total. The lowest BCUT2D eigenvalue weighted by molar-refractivity contribution is 0.619. The van der Waals surface area contributed by atoms with Gasteiger partial charge in [-0.3, -0.25) is 4.98 Å². The minimum absolute atomic E-state index is 0.230. The van der Waals surface area contributed by atoms with E-state index in [9.17, 15) is 0 Å². The molecule has 1 unspecified atom stereocenters. The van der Waals surface area contributed by atoms with Crippen molar-refractivity contribution in [3.8, 4) is 0 Å². The Morgan fingerprint density at radius 1 is 1.57 bits per heavy atom. The van der Waals surface area contributed by atoms with Crippen molar-refractivity contribution in [1.82, 2.24) is 10.3 Å². The molecule has 1 aromatic heterocycles. The molecule has 0 radical (unpaired) electrons. The maximum Gasteiger partial charge on any atom is 0.0545 e. The van der Waals surface area contributed by atoms with Crippen LogP contribution >= 0.6 is 0 Å². The Morgan fingerprint density at radius 3 is 2.71 bits per heavy atom. The molecule has 2 nitrogen and oxygen atoms in total. The lowest BCUT2D eigenvalue weighted by Gasteiger charge is -2.17. The Balaban J connectivity index is 2.87. The summed E-state index contributed by atoms with van der Waals surface area (Å²) >= 11 is 0. The molecular formula is C12H18N2. The summed E-state index contributed by atoms with van der Waals surface area (Å²) in [7, 11) is 0. The van der Waals surface area contributed by atoms with Crippen LogP contribution in [0.5, 0.6) is 0 Å². The first kappa shape index (κ1) is 10.9. The molecule has 0 saturated carbocycles. The van der Waals surface area contributed by atoms with Gasteiger partial charge < -0.3 is 5.32 Å². The van der Waals surface area contributed by atoms with Gasteiger partial charge in [0, 0.05) is 11.9 Å². The van der Waals surface area contributed by atoms with E-state index in [0.717, 1.165) is 17.8 Å². The molecule has 0 aliphatic carbocycles. The fourth-order valence-corrected chi connectivity index (χ4v) is 1.43. The summed E-state index contributed by atoms with van der Waals surface area (Å²) in [4.78, 5) is 4.28. The van der Waals surface area contributed by atoms with Crippen molar-refractivity contribution in [1.29, 1.82) is 0 Å². The van der Waals surface area contributed by atoms with E-state index in [1.807, 2.05) is 26.1 Å². The average Bonchev–Trinajstić information content (AvgIpc) is 2.15. The maximum absolute atomic E-state index is 4.28. The molecule has 0 fully saturated rings. The molecular weight excluding hydrogens is 172 g/mol. The maximum atomic E-state index is 4.28. The van der Waals surface area contributed by atoms with E-state index >= 15 is 0 Å². The summed E-state index contributed by atoms with van der Waals surface area (Å²) in [6, 6.07) is 4.36. The Hall–Kier alpha value is -1.15. The van der Waals surface area contributed by atoms with Gasteiger partial charge in [-0.25, -0.2) is 0 Å². The van der Waals surface area contributed by atoms with Gasteiger partial charge in [0.15, 0.2) is 0 Å². The van der Waals surface area contributed by atoms with Gasteiger partial charge in [0.1, 0.15) is 0 Å². The molecule has 0 bridgehead atoms. The highest BCUT2D eigenvalue weighted by Gasteiger charge is 2.10. The fraction of sp³-hybridized carbons (Fsp3) is 0.417. The molecule has 2 heteroatoms. The predicted molar refractivity (Wildman–Crippen MR) is 60.2 cm³/mol. The lowest BCUT2D eigenvalue weighted by atomic mass is 10.0. The highest BCUT2D eigenvalue weighted by molar-refractivity contribution is 5.24. The average molecular weight is 190 g/mol. The van der Waals surface area contributed by atoms with Crippen LogP contribution in [0.1, 0.15) is 31.1 Å². The summed E-state index contributed by atoms with van der Waals surface area (Å²) in [6.45, 7) is 11.0. The molecule has 0 saturated heterocycles. The topological polar surface area (TPSA) is 24.9 Å². The Bertz CT molecular complexity index is 301. The number of aromatic nitrogens is 1. The highest BCUT2D eigenvalue weighted by Crippen LogP contribution is 2.18. The van der Waals surface area contributed by atoms with E-state index in [4.69, 9.17) is 0 Å². The van der Waals surface area contributed by atoms with E-state index in [1.54, 1.807) is 0 Å². The molecule has 76 valence electrons. The molecule has 1 atom stereocenters. The van der Waals surface area contributed by atoms with Gasteiger partial charge in [-0.1, -0.05) is 25.1 Å². The minimum Gasteiger partial charge on any atom is -0.307 e. The third kappa shape index (κ3) is 2.67. The fourth-order valence-electron chi connectivity index (χ4n) is 1.43. The van der Waals surface area contributed by atoms with Crippen LogP contribution in [0.3, 0.4) is 0 Å². The molecule has 1 rings (SSSR count). The summed E-state index contributed by atoms with van der Waals surface area (Å²) < 4.78 is 0. The summed E-state index contributed by atoms with van der Waals surface area (Å²) in [6.07, 6.45) is 1.91. The van der Waals surface area contributed by atoms with Crippen molar-refractivity contribution in [2.24, 2.45) is 0 Å². The molecule has 0 aliphatic rings. The van der Waals surface area contributed by atoms with E-state index in [-0.39, 0.29) is 6.04 Å². The largest absolute Gasteiger partial charge is 0.307 e. The number of likely N-dealkylation sites (N-methyl/N-ethyl adjacent to an activating group) is 1.